The summed E-state index contributed by atoms with van der Waals surface area (Å²) < 4.78 is 11.0. The van der Waals surface area contributed by atoms with Gasteiger partial charge in [-0.1, -0.05) is 31.1 Å². The van der Waals surface area contributed by atoms with Crippen LogP contribution in [0.2, 0.25) is 0 Å². The highest BCUT2D eigenvalue weighted by molar-refractivity contribution is 5.94. The molecule has 1 fully saturated rings. The topological polar surface area (TPSA) is 80.5 Å². The fourth-order valence-corrected chi connectivity index (χ4v) is 3.27. The number of carbonyl (C=O) groups excluding carboxylic acids is 1. The van der Waals surface area contributed by atoms with Crippen molar-refractivity contribution in [1.29, 1.82) is 0 Å². The lowest BCUT2D eigenvalue weighted by Gasteiger charge is -2.37. The van der Waals surface area contributed by atoms with E-state index >= 15 is 0 Å². The molecule has 2 aromatic rings. The molecular formula is C20H28N4O3. The predicted molar refractivity (Wildman–Crippen MR) is 104 cm³/mol. The lowest BCUT2D eigenvalue weighted by Crippen LogP contribution is -2.45. The van der Waals surface area contributed by atoms with Crippen LogP contribution in [0.3, 0.4) is 0 Å². The fourth-order valence-electron chi connectivity index (χ4n) is 3.27. The highest BCUT2D eigenvalue weighted by Gasteiger charge is 2.24. The van der Waals surface area contributed by atoms with E-state index in [1.165, 1.54) is 0 Å². The van der Waals surface area contributed by atoms with E-state index in [0.29, 0.717) is 24.6 Å². The first-order chi connectivity index (χ1) is 12.9. The summed E-state index contributed by atoms with van der Waals surface area (Å²) in [7, 11) is 0. The Balaban J connectivity index is 1.62. The van der Waals surface area contributed by atoms with Gasteiger partial charge in [-0.05, 0) is 26.0 Å². The molecule has 0 aliphatic carbocycles. The minimum Gasteiger partial charge on any atom is -0.372 e. The molecule has 7 nitrogen and oxygen atoms in total. The molecule has 27 heavy (non-hydrogen) atoms. The van der Waals surface area contributed by atoms with Gasteiger partial charge in [-0.3, -0.25) is 4.79 Å². The lowest BCUT2D eigenvalue weighted by atomic mass is 10.1. The Morgan fingerprint density at radius 1 is 1.26 bits per heavy atom. The number of anilines is 2. The van der Waals surface area contributed by atoms with Gasteiger partial charge in [-0.15, -0.1) is 0 Å². The molecule has 0 radical (unpaired) electrons. The van der Waals surface area contributed by atoms with Gasteiger partial charge in [0.2, 0.25) is 11.8 Å². The number of nitrogens with zero attached hydrogens (tertiary/aromatic N) is 3. The van der Waals surface area contributed by atoms with Crippen LogP contribution in [0, 0.1) is 0 Å². The number of ether oxygens (including phenoxy) is 1. The quantitative estimate of drug-likeness (QED) is 0.837. The number of para-hydroxylation sites is 2. The summed E-state index contributed by atoms with van der Waals surface area (Å²) in [4.78, 5) is 19.0. The van der Waals surface area contributed by atoms with E-state index in [4.69, 9.17) is 9.26 Å². The van der Waals surface area contributed by atoms with Gasteiger partial charge >= 0.3 is 0 Å². The molecule has 1 aliphatic heterocycles. The average molecular weight is 372 g/mol. The van der Waals surface area contributed by atoms with Crippen LogP contribution in [-0.2, 0) is 16.0 Å². The maximum Gasteiger partial charge on any atom is 0.227 e. The molecule has 0 bridgehead atoms. The first-order valence-corrected chi connectivity index (χ1v) is 9.54. The van der Waals surface area contributed by atoms with Crippen LogP contribution in [-0.4, -0.2) is 41.3 Å². The molecule has 1 aliphatic rings. The molecule has 146 valence electrons. The van der Waals surface area contributed by atoms with E-state index in [1.54, 1.807) is 0 Å². The molecule has 0 saturated carbocycles. The second-order valence-corrected chi connectivity index (χ2v) is 7.43. The van der Waals surface area contributed by atoms with E-state index in [1.807, 2.05) is 38.1 Å². The van der Waals surface area contributed by atoms with Crippen molar-refractivity contribution in [2.75, 3.05) is 23.3 Å². The van der Waals surface area contributed by atoms with Crippen molar-refractivity contribution in [3.05, 3.63) is 36.0 Å². The molecule has 1 aromatic carbocycles. The van der Waals surface area contributed by atoms with Crippen LogP contribution in [0.1, 0.15) is 51.7 Å². The number of aromatic nitrogens is 2. The van der Waals surface area contributed by atoms with Crippen LogP contribution >= 0.6 is 0 Å². The van der Waals surface area contributed by atoms with Gasteiger partial charge in [0.05, 0.1) is 23.6 Å². The van der Waals surface area contributed by atoms with E-state index in [0.717, 1.165) is 24.5 Å². The normalized spacial score (nSPS) is 20.1. The predicted octanol–water partition coefficient (Wildman–Crippen LogP) is 3.38. The van der Waals surface area contributed by atoms with Crippen LogP contribution in [0.5, 0.6) is 0 Å². The maximum absolute atomic E-state index is 12.4. The molecule has 2 heterocycles. The van der Waals surface area contributed by atoms with E-state index in [-0.39, 0.29) is 24.0 Å². The number of benzene rings is 1. The highest BCUT2D eigenvalue weighted by Crippen LogP contribution is 2.28. The van der Waals surface area contributed by atoms with Crippen molar-refractivity contribution >= 4 is 17.3 Å². The van der Waals surface area contributed by atoms with Crippen molar-refractivity contribution in [2.24, 2.45) is 0 Å². The fraction of sp³-hybridized carbons (Fsp3) is 0.550. The number of carbonyl (C=O) groups is 1. The average Bonchev–Trinajstić information content (AvgIpc) is 3.09. The van der Waals surface area contributed by atoms with Crippen molar-refractivity contribution in [3.8, 4) is 0 Å². The summed E-state index contributed by atoms with van der Waals surface area (Å²) in [6.45, 7) is 9.75. The van der Waals surface area contributed by atoms with E-state index < -0.39 is 0 Å². The number of rotatable bonds is 6. The van der Waals surface area contributed by atoms with Crippen molar-refractivity contribution < 1.29 is 14.1 Å². The molecule has 1 saturated heterocycles. The Labute approximate surface area is 160 Å². The number of aryl methyl sites for hydroxylation is 1. The largest absolute Gasteiger partial charge is 0.372 e. The van der Waals surface area contributed by atoms with Gasteiger partial charge in [-0.2, -0.15) is 4.98 Å². The van der Waals surface area contributed by atoms with Crippen LogP contribution in [0.25, 0.3) is 0 Å². The monoisotopic (exact) mass is 372 g/mol. The Morgan fingerprint density at radius 3 is 2.63 bits per heavy atom. The Bertz CT molecular complexity index is 764. The molecule has 7 heteroatoms. The smallest absolute Gasteiger partial charge is 0.227 e. The second-order valence-electron chi connectivity index (χ2n) is 7.43. The van der Waals surface area contributed by atoms with Crippen LogP contribution < -0.4 is 10.2 Å². The summed E-state index contributed by atoms with van der Waals surface area (Å²) in [5, 5.41) is 6.96. The summed E-state index contributed by atoms with van der Waals surface area (Å²) in [5.41, 5.74) is 1.84. The number of hydrogen-bond donors (Lipinski definition) is 1. The van der Waals surface area contributed by atoms with E-state index in [2.05, 4.69) is 34.2 Å². The third-order valence-electron chi connectivity index (χ3n) is 4.50. The summed E-state index contributed by atoms with van der Waals surface area (Å²) in [6.07, 6.45) is 1.04. The number of amides is 1. The number of hydrogen-bond acceptors (Lipinski definition) is 6. The molecule has 1 amide bonds. The first kappa shape index (κ1) is 19.4. The molecule has 0 unspecified atom stereocenters. The van der Waals surface area contributed by atoms with Gasteiger partial charge in [-0.25, -0.2) is 0 Å². The van der Waals surface area contributed by atoms with Crippen molar-refractivity contribution in [3.63, 3.8) is 0 Å². The third-order valence-corrected chi connectivity index (χ3v) is 4.50. The van der Waals surface area contributed by atoms with Gasteiger partial charge in [0.15, 0.2) is 5.82 Å². The standard InChI is InChI=1S/C20H28N4O3/c1-13(2)20-22-19(27-23-20)10-9-18(25)21-16-7-5-6-8-17(16)24-11-14(3)26-15(4)12-24/h5-8,13-15H,9-12H2,1-4H3,(H,21,25)/t14-,15+. The third kappa shape index (κ3) is 5.07. The second kappa shape index (κ2) is 8.52. The maximum atomic E-state index is 12.4. The Kier molecular flexibility index (Phi) is 6.11. The zero-order valence-corrected chi connectivity index (χ0v) is 16.4. The van der Waals surface area contributed by atoms with Gasteiger partial charge < -0.3 is 19.5 Å². The van der Waals surface area contributed by atoms with Crippen molar-refractivity contribution in [1.82, 2.24) is 10.1 Å². The molecule has 1 N–H and O–H groups in total. The van der Waals surface area contributed by atoms with Crippen molar-refractivity contribution in [2.45, 2.75) is 58.7 Å². The van der Waals surface area contributed by atoms with Gasteiger partial charge in [0, 0.05) is 31.8 Å². The lowest BCUT2D eigenvalue weighted by molar-refractivity contribution is -0.116. The molecule has 2 atom stereocenters. The zero-order chi connectivity index (χ0) is 19.4. The minimum absolute atomic E-state index is 0.0684. The van der Waals surface area contributed by atoms with Gasteiger partial charge in [0.1, 0.15) is 0 Å². The molecular weight excluding hydrogens is 344 g/mol. The zero-order valence-electron chi connectivity index (χ0n) is 16.4. The minimum atomic E-state index is -0.0684. The molecule has 0 spiro atoms. The molecule has 3 rings (SSSR count). The SMILES string of the molecule is CC(C)c1noc(CCC(=O)Nc2ccccc2N2C[C@@H](C)O[C@@H](C)C2)n1. The van der Waals surface area contributed by atoms with Crippen LogP contribution in [0.15, 0.2) is 28.8 Å². The van der Waals surface area contributed by atoms with E-state index in [9.17, 15) is 4.79 Å². The Morgan fingerprint density at radius 2 is 1.96 bits per heavy atom. The summed E-state index contributed by atoms with van der Waals surface area (Å²) in [5.74, 6) is 1.31. The highest BCUT2D eigenvalue weighted by atomic mass is 16.5. The van der Waals surface area contributed by atoms with Crippen LogP contribution in [0.4, 0.5) is 11.4 Å². The summed E-state index contributed by atoms with van der Waals surface area (Å²) in [6, 6.07) is 7.88. The van der Waals surface area contributed by atoms with Gasteiger partial charge in [0.25, 0.3) is 0 Å². The first-order valence-electron chi connectivity index (χ1n) is 9.54. The Hall–Kier alpha value is -2.41. The number of morpholine rings is 1. The summed E-state index contributed by atoms with van der Waals surface area (Å²) >= 11 is 0. The molecule has 1 aromatic heterocycles. The number of nitrogens with one attached hydrogen (secondary N) is 1.